The fourth-order valence-corrected chi connectivity index (χ4v) is 2.19. The Morgan fingerprint density at radius 2 is 2.41 bits per heavy atom. The SMILES string of the molecule is NC1=CCC(OC2C=NCC(C(=O)O)C2)CC1. The number of aliphatic carboxylic acids is 1. The van der Waals surface area contributed by atoms with Gasteiger partial charge < -0.3 is 15.6 Å². The van der Waals surface area contributed by atoms with Gasteiger partial charge in [0.2, 0.25) is 0 Å². The van der Waals surface area contributed by atoms with Crippen molar-refractivity contribution >= 4 is 12.2 Å². The third kappa shape index (κ3) is 3.30. The maximum absolute atomic E-state index is 10.9. The zero-order valence-corrected chi connectivity index (χ0v) is 9.71. The molecule has 1 heterocycles. The van der Waals surface area contributed by atoms with Gasteiger partial charge in [0, 0.05) is 11.9 Å². The molecule has 0 aromatic heterocycles. The lowest BCUT2D eigenvalue weighted by Gasteiger charge is -2.27. The molecule has 1 aliphatic carbocycles. The van der Waals surface area contributed by atoms with Crippen LogP contribution in [0.5, 0.6) is 0 Å². The van der Waals surface area contributed by atoms with Gasteiger partial charge in [-0.3, -0.25) is 9.79 Å². The van der Waals surface area contributed by atoms with E-state index in [0.717, 1.165) is 25.0 Å². The molecule has 0 aromatic carbocycles. The summed E-state index contributed by atoms with van der Waals surface area (Å²) in [4.78, 5) is 15.0. The van der Waals surface area contributed by atoms with Crippen molar-refractivity contribution in [2.24, 2.45) is 16.6 Å². The molecule has 0 saturated heterocycles. The number of ether oxygens (including phenoxy) is 1. The summed E-state index contributed by atoms with van der Waals surface area (Å²) < 4.78 is 5.85. The molecule has 94 valence electrons. The minimum absolute atomic E-state index is 0.145. The Bertz CT molecular complexity index is 352. The van der Waals surface area contributed by atoms with Crippen molar-refractivity contribution in [3.63, 3.8) is 0 Å². The molecule has 3 unspecified atom stereocenters. The lowest BCUT2D eigenvalue weighted by Crippen LogP contribution is -2.33. The van der Waals surface area contributed by atoms with E-state index < -0.39 is 11.9 Å². The highest BCUT2D eigenvalue weighted by molar-refractivity contribution is 5.74. The topological polar surface area (TPSA) is 84.9 Å². The number of carboxylic acid groups (broad SMARTS) is 1. The smallest absolute Gasteiger partial charge is 0.308 e. The summed E-state index contributed by atoms with van der Waals surface area (Å²) in [7, 11) is 0. The van der Waals surface area contributed by atoms with Crippen LogP contribution in [0.3, 0.4) is 0 Å². The Hall–Kier alpha value is -1.36. The molecule has 0 spiro atoms. The molecule has 5 heteroatoms. The van der Waals surface area contributed by atoms with Gasteiger partial charge in [0.05, 0.1) is 24.7 Å². The van der Waals surface area contributed by atoms with Crippen molar-refractivity contribution in [1.82, 2.24) is 0 Å². The van der Waals surface area contributed by atoms with Gasteiger partial charge in [-0.1, -0.05) is 6.08 Å². The average molecular weight is 238 g/mol. The Morgan fingerprint density at radius 1 is 1.59 bits per heavy atom. The van der Waals surface area contributed by atoms with Crippen molar-refractivity contribution in [2.45, 2.75) is 37.9 Å². The van der Waals surface area contributed by atoms with E-state index in [1.807, 2.05) is 6.08 Å². The number of carbonyl (C=O) groups is 1. The van der Waals surface area contributed by atoms with Gasteiger partial charge in [0.15, 0.2) is 0 Å². The summed E-state index contributed by atoms with van der Waals surface area (Å²) in [5.41, 5.74) is 6.62. The summed E-state index contributed by atoms with van der Waals surface area (Å²) in [6, 6.07) is 0. The Balaban J connectivity index is 1.85. The molecule has 0 saturated carbocycles. The molecule has 3 N–H and O–H groups in total. The molecule has 3 atom stereocenters. The van der Waals surface area contributed by atoms with Crippen LogP contribution in [-0.4, -0.2) is 36.0 Å². The first-order valence-electron chi connectivity index (χ1n) is 5.98. The zero-order valence-electron chi connectivity index (χ0n) is 9.71. The van der Waals surface area contributed by atoms with Crippen LogP contribution in [0.25, 0.3) is 0 Å². The number of hydrogen-bond acceptors (Lipinski definition) is 4. The van der Waals surface area contributed by atoms with E-state index in [0.29, 0.717) is 13.0 Å². The van der Waals surface area contributed by atoms with Crippen LogP contribution in [0.4, 0.5) is 0 Å². The van der Waals surface area contributed by atoms with E-state index >= 15 is 0 Å². The second kappa shape index (κ2) is 5.31. The molecule has 2 rings (SSSR count). The van der Waals surface area contributed by atoms with Gasteiger partial charge in [-0.2, -0.15) is 0 Å². The minimum Gasteiger partial charge on any atom is -0.481 e. The van der Waals surface area contributed by atoms with E-state index in [-0.39, 0.29) is 12.2 Å². The number of nitrogens with zero attached hydrogens (tertiary/aromatic N) is 1. The zero-order chi connectivity index (χ0) is 12.3. The van der Waals surface area contributed by atoms with Gasteiger partial charge in [-0.05, 0) is 25.7 Å². The second-order valence-corrected chi connectivity index (χ2v) is 4.64. The maximum atomic E-state index is 10.9. The summed E-state index contributed by atoms with van der Waals surface area (Å²) >= 11 is 0. The Kier molecular flexibility index (Phi) is 3.78. The molecule has 0 aromatic rings. The summed E-state index contributed by atoms with van der Waals surface area (Å²) in [6.45, 7) is 0.368. The van der Waals surface area contributed by atoms with Crippen molar-refractivity contribution < 1.29 is 14.6 Å². The van der Waals surface area contributed by atoms with Crippen molar-refractivity contribution in [2.75, 3.05) is 6.54 Å². The quantitative estimate of drug-likeness (QED) is 0.766. The van der Waals surface area contributed by atoms with Crippen LogP contribution in [-0.2, 0) is 9.53 Å². The summed E-state index contributed by atoms with van der Waals surface area (Å²) in [5.74, 6) is -1.20. The molecular formula is C12H18N2O3. The van der Waals surface area contributed by atoms with Crippen LogP contribution in [0, 0.1) is 5.92 Å². The molecule has 0 fully saturated rings. The lowest BCUT2D eigenvalue weighted by molar-refractivity contribution is -0.142. The van der Waals surface area contributed by atoms with Gasteiger partial charge in [-0.15, -0.1) is 0 Å². The largest absolute Gasteiger partial charge is 0.481 e. The lowest BCUT2D eigenvalue weighted by atomic mass is 9.98. The van der Waals surface area contributed by atoms with Gasteiger partial charge in [0.1, 0.15) is 0 Å². The van der Waals surface area contributed by atoms with Gasteiger partial charge >= 0.3 is 5.97 Å². The van der Waals surface area contributed by atoms with Crippen LogP contribution in [0.1, 0.15) is 25.7 Å². The van der Waals surface area contributed by atoms with Crippen molar-refractivity contribution in [1.29, 1.82) is 0 Å². The van der Waals surface area contributed by atoms with E-state index in [1.165, 1.54) is 0 Å². The molecule has 2 aliphatic rings. The summed E-state index contributed by atoms with van der Waals surface area (Å²) in [5, 5.41) is 8.94. The van der Waals surface area contributed by atoms with E-state index in [2.05, 4.69) is 4.99 Å². The van der Waals surface area contributed by atoms with E-state index in [1.54, 1.807) is 6.21 Å². The number of aliphatic imine (C=N–C) groups is 1. The molecule has 0 bridgehead atoms. The second-order valence-electron chi connectivity index (χ2n) is 4.64. The van der Waals surface area contributed by atoms with E-state index in [9.17, 15) is 4.79 Å². The first-order valence-corrected chi connectivity index (χ1v) is 5.98. The fourth-order valence-electron chi connectivity index (χ4n) is 2.19. The standard InChI is InChI=1S/C12H18N2O3/c13-9-1-3-10(4-2-9)17-11-5-8(12(15)16)6-14-7-11/h1,7-8,10-11H,2-6,13H2,(H,15,16). The molecule has 5 nitrogen and oxygen atoms in total. The monoisotopic (exact) mass is 238 g/mol. The van der Waals surface area contributed by atoms with Crippen LogP contribution in [0.2, 0.25) is 0 Å². The van der Waals surface area contributed by atoms with Crippen molar-refractivity contribution in [3.05, 3.63) is 11.8 Å². The molecule has 0 amide bonds. The third-order valence-corrected chi connectivity index (χ3v) is 3.23. The first kappa shape index (κ1) is 12.1. The highest BCUT2D eigenvalue weighted by atomic mass is 16.5. The molecule has 1 aliphatic heterocycles. The third-order valence-electron chi connectivity index (χ3n) is 3.23. The number of hydrogen-bond donors (Lipinski definition) is 2. The predicted molar refractivity (Wildman–Crippen MR) is 63.9 cm³/mol. The normalized spacial score (nSPS) is 33.2. The first-order chi connectivity index (χ1) is 8.15. The number of carboxylic acids is 1. The average Bonchev–Trinajstić information content (AvgIpc) is 2.32. The minimum atomic E-state index is -0.789. The van der Waals surface area contributed by atoms with Crippen LogP contribution < -0.4 is 5.73 Å². The molecule has 17 heavy (non-hydrogen) atoms. The van der Waals surface area contributed by atoms with Gasteiger partial charge in [-0.25, -0.2) is 0 Å². The van der Waals surface area contributed by atoms with E-state index in [4.69, 9.17) is 15.6 Å². The molecule has 0 radical (unpaired) electrons. The van der Waals surface area contributed by atoms with Crippen LogP contribution >= 0.6 is 0 Å². The van der Waals surface area contributed by atoms with Crippen molar-refractivity contribution in [3.8, 4) is 0 Å². The summed E-state index contributed by atoms with van der Waals surface area (Å²) in [6.07, 6.45) is 6.81. The predicted octanol–water partition coefficient (Wildman–Crippen LogP) is 0.942. The van der Waals surface area contributed by atoms with Crippen LogP contribution in [0.15, 0.2) is 16.8 Å². The molecular weight excluding hydrogens is 220 g/mol. The highest BCUT2D eigenvalue weighted by Gasteiger charge is 2.27. The number of nitrogens with two attached hydrogens (primary N) is 1. The maximum Gasteiger partial charge on any atom is 0.308 e. The number of rotatable bonds is 3. The van der Waals surface area contributed by atoms with Gasteiger partial charge in [0.25, 0.3) is 0 Å². The number of allylic oxidation sites excluding steroid dienone is 1. The Morgan fingerprint density at radius 3 is 3.06 bits per heavy atom. The fraction of sp³-hybridized carbons (Fsp3) is 0.667. The Labute approximate surface area is 100 Å². The highest BCUT2D eigenvalue weighted by Crippen LogP contribution is 2.22.